The number of carbonyl (C=O) groups is 1. The van der Waals surface area contributed by atoms with Gasteiger partial charge in [0, 0.05) is 12.5 Å². The van der Waals surface area contributed by atoms with Gasteiger partial charge >= 0.3 is 0 Å². The third kappa shape index (κ3) is 3.66. The largest absolute Gasteiger partial charge is 0.326 e. The molecule has 3 aromatic rings. The lowest BCUT2D eigenvalue weighted by Crippen LogP contribution is -2.13. The Labute approximate surface area is 145 Å². The quantitative estimate of drug-likeness (QED) is 0.546. The van der Waals surface area contributed by atoms with Crippen LogP contribution >= 0.6 is 0 Å². The van der Waals surface area contributed by atoms with E-state index in [1.165, 1.54) is 6.07 Å². The molecule has 126 valence electrons. The fraction of sp³-hybridized carbons (Fsp3) is 0.150. The normalized spacial score (nSPS) is 10.6. The molecule has 3 aromatic carbocycles. The van der Waals surface area contributed by atoms with Crippen molar-refractivity contribution < 1.29 is 9.72 Å². The first-order valence-electron chi connectivity index (χ1n) is 8.07. The predicted octanol–water partition coefficient (Wildman–Crippen LogP) is 4.63. The number of carbonyl (C=O) groups excluding carboxylic acids is 1. The first-order chi connectivity index (χ1) is 12.1. The van der Waals surface area contributed by atoms with E-state index in [1.807, 2.05) is 42.5 Å². The Morgan fingerprint density at radius 1 is 1.04 bits per heavy atom. The maximum Gasteiger partial charge on any atom is 0.274 e. The van der Waals surface area contributed by atoms with E-state index in [-0.39, 0.29) is 11.6 Å². The SMILES string of the molecule is Cc1c(NC(=O)CCc2cccc3ccccc23)cccc1[N+](=O)[O-]. The number of amides is 1. The first kappa shape index (κ1) is 16.6. The first-order valence-corrected chi connectivity index (χ1v) is 8.07. The van der Waals surface area contributed by atoms with Gasteiger partial charge < -0.3 is 5.32 Å². The fourth-order valence-electron chi connectivity index (χ4n) is 2.93. The highest BCUT2D eigenvalue weighted by Gasteiger charge is 2.14. The van der Waals surface area contributed by atoms with Crippen LogP contribution in [-0.2, 0) is 11.2 Å². The zero-order valence-corrected chi connectivity index (χ0v) is 13.9. The average Bonchev–Trinajstić information content (AvgIpc) is 2.61. The van der Waals surface area contributed by atoms with E-state index in [0.717, 1.165) is 16.3 Å². The second-order valence-electron chi connectivity index (χ2n) is 5.89. The summed E-state index contributed by atoms with van der Waals surface area (Å²) in [5.74, 6) is -0.156. The number of aryl methyl sites for hydroxylation is 1. The maximum absolute atomic E-state index is 12.3. The molecule has 5 heteroatoms. The number of benzene rings is 3. The fourth-order valence-corrected chi connectivity index (χ4v) is 2.93. The summed E-state index contributed by atoms with van der Waals surface area (Å²) in [4.78, 5) is 22.8. The van der Waals surface area contributed by atoms with Crippen LogP contribution in [0.4, 0.5) is 11.4 Å². The van der Waals surface area contributed by atoms with E-state index < -0.39 is 4.92 Å². The monoisotopic (exact) mass is 334 g/mol. The molecule has 0 aliphatic carbocycles. The lowest BCUT2D eigenvalue weighted by atomic mass is 10.0. The van der Waals surface area contributed by atoms with Crippen molar-refractivity contribution >= 4 is 28.1 Å². The van der Waals surface area contributed by atoms with Crippen molar-refractivity contribution in [3.05, 3.63) is 81.9 Å². The summed E-state index contributed by atoms with van der Waals surface area (Å²) in [6, 6.07) is 18.8. The van der Waals surface area contributed by atoms with Crippen LogP contribution in [0.15, 0.2) is 60.7 Å². The summed E-state index contributed by atoms with van der Waals surface area (Å²) in [5.41, 5.74) is 2.07. The number of hydrogen-bond donors (Lipinski definition) is 1. The number of nitrogens with zero attached hydrogens (tertiary/aromatic N) is 1. The highest BCUT2D eigenvalue weighted by Crippen LogP contribution is 2.25. The number of hydrogen-bond acceptors (Lipinski definition) is 3. The number of nitrogens with one attached hydrogen (secondary N) is 1. The van der Waals surface area contributed by atoms with Crippen LogP contribution in [0, 0.1) is 17.0 Å². The third-order valence-electron chi connectivity index (χ3n) is 4.28. The van der Waals surface area contributed by atoms with Crippen LogP contribution in [0.3, 0.4) is 0 Å². The van der Waals surface area contributed by atoms with E-state index in [0.29, 0.717) is 24.1 Å². The molecule has 0 saturated heterocycles. The summed E-state index contributed by atoms with van der Waals surface area (Å²) in [6.45, 7) is 1.64. The van der Waals surface area contributed by atoms with Gasteiger partial charge in [0.25, 0.3) is 5.69 Å². The number of fused-ring (bicyclic) bond motifs is 1. The molecule has 3 rings (SSSR count). The van der Waals surface area contributed by atoms with Gasteiger partial charge in [-0.1, -0.05) is 48.5 Å². The van der Waals surface area contributed by atoms with Crippen LogP contribution in [-0.4, -0.2) is 10.8 Å². The molecule has 0 saturated carbocycles. The maximum atomic E-state index is 12.3. The highest BCUT2D eigenvalue weighted by atomic mass is 16.6. The van der Waals surface area contributed by atoms with Crippen molar-refractivity contribution in [1.82, 2.24) is 0 Å². The van der Waals surface area contributed by atoms with Crippen LogP contribution in [0.2, 0.25) is 0 Å². The second kappa shape index (κ2) is 7.13. The van der Waals surface area contributed by atoms with E-state index in [2.05, 4.69) is 5.32 Å². The molecule has 0 bridgehead atoms. The summed E-state index contributed by atoms with van der Waals surface area (Å²) >= 11 is 0. The standard InChI is InChI=1S/C20H18N2O3/c1-14-18(10-5-11-19(14)22(24)25)21-20(23)13-12-16-8-4-7-15-6-2-3-9-17(15)16/h2-11H,12-13H2,1H3,(H,21,23). The van der Waals surface area contributed by atoms with Gasteiger partial charge in [0.2, 0.25) is 5.91 Å². The van der Waals surface area contributed by atoms with Crippen molar-refractivity contribution in [2.45, 2.75) is 19.8 Å². The predicted molar refractivity (Wildman–Crippen MR) is 98.7 cm³/mol. The van der Waals surface area contributed by atoms with Gasteiger partial charge in [0.1, 0.15) is 0 Å². The van der Waals surface area contributed by atoms with Crippen molar-refractivity contribution in [2.24, 2.45) is 0 Å². The molecule has 0 heterocycles. The molecule has 0 unspecified atom stereocenters. The highest BCUT2D eigenvalue weighted by molar-refractivity contribution is 5.93. The Morgan fingerprint density at radius 3 is 2.56 bits per heavy atom. The molecular formula is C20H18N2O3. The zero-order chi connectivity index (χ0) is 17.8. The summed E-state index contributed by atoms with van der Waals surface area (Å²) in [5, 5.41) is 16.1. The molecule has 0 atom stereocenters. The van der Waals surface area contributed by atoms with Gasteiger partial charge in [-0.15, -0.1) is 0 Å². The van der Waals surface area contributed by atoms with Gasteiger partial charge in [-0.05, 0) is 35.7 Å². The zero-order valence-electron chi connectivity index (χ0n) is 13.9. The van der Waals surface area contributed by atoms with E-state index in [1.54, 1.807) is 19.1 Å². The van der Waals surface area contributed by atoms with Gasteiger partial charge in [-0.3, -0.25) is 14.9 Å². The summed E-state index contributed by atoms with van der Waals surface area (Å²) < 4.78 is 0. The van der Waals surface area contributed by atoms with Crippen molar-refractivity contribution in [3.8, 4) is 0 Å². The summed E-state index contributed by atoms with van der Waals surface area (Å²) in [7, 11) is 0. The topological polar surface area (TPSA) is 72.2 Å². The lowest BCUT2D eigenvalue weighted by molar-refractivity contribution is -0.385. The van der Waals surface area contributed by atoms with Crippen LogP contribution in [0.5, 0.6) is 0 Å². The van der Waals surface area contributed by atoms with Crippen LogP contribution in [0.1, 0.15) is 17.5 Å². The summed E-state index contributed by atoms with van der Waals surface area (Å²) in [6.07, 6.45) is 0.928. The van der Waals surface area contributed by atoms with Gasteiger partial charge in [0.15, 0.2) is 0 Å². The van der Waals surface area contributed by atoms with Gasteiger partial charge in [-0.25, -0.2) is 0 Å². The number of rotatable bonds is 5. The molecule has 0 fully saturated rings. The third-order valence-corrected chi connectivity index (χ3v) is 4.28. The molecule has 0 aliphatic heterocycles. The molecule has 25 heavy (non-hydrogen) atoms. The van der Waals surface area contributed by atoms with Crippen molar-refractivity contribution in [1.29, 1.82) is 0 Å². The molecule has 1 amide bonds. The number of nitro benzene ring substituents is 1. The number of nitro groups is 1. The lowest BCUT2D eigenvalue weighted by Gasteiger charge is -2.09. The molecular weight excluding hydrogens is 316 g/mol. The Balaban J connectivity index is 1.71. The van der Waals surface area contributed by atoms with E-state index in [9.17, 15) is 14.9 Å². The molecule has 1 N–H and O–H groups in total. The Kier molecular flexibility index (Phi) is 4.75. The Morgan fingerprint density at radius 2 is 1.76 bits per heavy atom. The molecule has 0 aromatic heterocycles. The Hall–Kier alpha value is -3.21. The molecule has 0 spiro atoms. The van der Waals surface area contributed by atoms with E-state index in [4.69, 9.17) is 0 Å². The molecule has 5 nitrogen and oxygen atoms in total. The van der Waals surface area contributed by atoms with Crippen LogP contribution in [0.25, 0.3) is 10.8 Å². The van der Waals surface area contributed by atoms with Crippen molar-refractivity contribution in [2.75, 3.05) is 5.32 Å². The van der Waals surface area contributed by atoms with Gasteiger partial charge in [-0.2, -0.15) is 0 Å². The minimum atomic E-state index is -0.443. The molecule has 0 radical (unpaired) electrons. The van der Waals surface area contributed by atoms with Crippen molar-refractivity contribution in [3.63, 3.8) is 0 Å². The van der Waals surface area contributed by atoms with E-state index >= 15 is 0 Å². The minimum Gasteiger partial charge on any atom is -0.326 e. The minimum absolute atomic E-state index is 0.00635. The average molecular weight is 334 g/mol. The molecule has 0 aliphatic rings. The smallest absolute Gasteiger partial charge is 0.274 e. The van der Waals surface area contributed by atoms with Gasteiger partial charge in [0.05, 0.1) is 16.2 Å². The number of anilines is 1. The Bertz CT molecular complexity index is 945. The second-order valence-corrected chi connectivity index (χ2v) is 5.89. The van der Waals surface area contributed by atoms with Crippen LogP contribution < -0.4 is 5.32 Å².